The van der Waals surface area contributed by atoms with Crippen molar-refractivity contribution in [1.82, 2.24) is 24.1 Å². The average Bonchev–Trinajstić information content (AvgIpc) is 1.60. The first-order chi connectivity index (χ1) is 46.5. The topological polar surface area (TPSA) is 74.8 Å². The highest BCUT2D eigenvalue weighted by molar-refractivity contribution is 6.13. The van der Waals surface area contributed by atoms with Crippen molar-refractivity contribution in [3.05, 3.63) is 322 Å². The van der Waals surface area contributed by atoms with Crippen molar-refractivity contribution in [1.29, 1.82) is 0 Å². The van der Waals surface area contributed by atoms with E-state index in [1.54, 1.807) is 0 Å². The Morgan fingerprint density at radius 3 is 0.957 bits per heavy atom. The van der Waals surface area contributed by atoms with E-state index in [1.165, 1.54) is 10.8 Å². The SMILES string of the molecule is c1ccc(-c2cc(-c3ccccc3)cc(-c3cccc(-c4nc(-c5cccc(-n6c7ccccc7c7cc(-c8ccc9oc%10ccccc%10c9c8)ccc76)c5)nc(-c5cccc(-n6c7ccccc7c7cc(-c8ccc9oc%10ccccc%10c9c8)ccc76)c5)n4)c3)c2)cc1. The molecule has 0 radical (unpaired) electrons. The first-order valence-corrected chi connectivity index (χ1v) is 31.8. The zero-order valence-electron chi connectivity index (χ0n) is 50.7. The van der Waals surface area contributed by atoms with Crippen molar-refractivity contribution >= 4 is 87.5 Å². The van der Waals surface area contributed by atoms with Gasteiger partial charge in [-0.3, -0.25) is 0 Å². The molecule has 14 aromatic carbocycles. The minimum absolute atomic E-state index is 0.561. The monoisotopic (exact) mass is 1200 g/mol. The molecule has 19 aromatic rings. The maximum Gasteiger partial charge on any atom is 0.164 e. The maximum absolute atomic E-state index is 6.23. The number of benzene rings is 14. The fraction of sp³-hybridized carbons (Fsp3) is 0. The summed E-state index contributed by atoms with van der Waals surface area (Å²) in [6.07, 6.45) is 0. The van der Waals surface area contributed by atoms with Crippen LogP contribution in [0.4, 0.5) is 0 Å². The quantitative estimate of drug-likeness (QED) is 0.136. The zero-order chi connectivity index (χ0) is 61.8. The van der Waals surface area contributed by atoms with Crippen LogP contribution in [0, 0.1) is 0 Å². The van der Waals surface area contributed by atoms with E-state index >= 15 is 0 Å². The molecule has 0 aliphatic rings. The molecule has 0 amide bonds. The second-order valence-corrected chi connectivity index (χ2v) is 24.3. The van der Waals surface area contributed by atoms with E-state index in [0.717, 1.165) is 160 Å². The van der Waals surface area contributed by atoms with Gasteiger partial charge in [0.25, 0.3) is 0 Å². The van der Waals surface area contributed by atoms with Gasteiger partial charge >= 0.3 is 0 Å². The molecule has 0 saturated heterocycles. The molecular weight excluding hydrogens is 1150 g/mol. The summed E-state index contributed by atoms with van der Waals surface area (Å²) in [7, 11) is 0. The number of nitrogens with zero attached hydrogens (tertiary/aromatic N) is 5. The molecule has 7 nitrogen and oxygen atoms in total. The molecule has 0 aliphatic carbocycles. The minimum Gasteiger partial charge on any atom is -0.456 e. The van der Waals surface area contributed by atoms with Crippen LogP contribution in [0.15, 0.2) is 330 Å². The summed E-state index contributed by atoms with van der Waals surface area (Å²) in [5, 5.41) is 9.10. The lowest BCUT2D eigenvalue weighted by Crippen LogP contribution is -2.02. The van der Waals surface area contributed by atoms with Crippen LogP contribution in [0.3, 0.4) is 0 Å². The van der Waals surface area contributed by atoms with Gasteiger partial charge in [-0.15, -0.1) is 0 Å². The molecule has 0 atom stereocenters. The third-order valence-electron chi connectivity index (χ3n) is 18.7. The molecule has 0 aliphatic heterocycles. The van der Waals surface area contributed by atoms with Gasteiger partial charge in [0, 0.05) is 71.2 Å². The Hall–Kier alpha value is -12.7. The van der Waals surface area contributed by atoms with Crippen LogP contribution >= 0.6 is 0 Å². The van der Waals surface area contributed by atoms with Crippen molar-refractivity contribution in [2.75, 3.05) is 0 Å². The van der Waals surface area contributed by atoms with E-state index < -0.39 is 0 Å². The summed E-state index contributed by atoms with van der Waals surface area (Å²) in [5.74, 6) is 1.69. The molecule has 5 aromatic heterocycles. The molecule has 0 saturated carbocycles. The van der Waals surface area contributed by atoms with Crippen molar-refractivity contribution in [3.63, 3.8) is 0 Å². The van der Waals surface area contributed by atoms with Crippen molar-refractivity contribution in [2.45, 2.75) is 0 Å². The first-order valence-electron chi connectivity index (χ1n) is 31.8. The van der Waals surface area contributed by atoms with Crippen LogP contribution in [0.25, 0.3) is 189 Å². The van der Waals surface area contributed by atoms with E-state index in [-0.39, 0.29) is 0 Å². The van der Waals surface area contributed by atoms with Crippen LogP contribution in [0.5, 0.6) is 0 Å². The Morgan fingerprint density at radius 1 is 0.181 bits per heavy atom. The minimum atomic E-state index is 0.561. The number of furan rings is 2. The number of fused-ring (bicyclic) bond motifs is 12. The molecule has 438 valence electrons. The second-order valence-electron chi connectivity index (χ2n) is 24.3. The molecular formula is C87H53N5O2. The Balaban J connectivity index is 0.754. The van der Waals surface area contributed by atoms with Crippen molar-refractivity contribution in [3.8, 4) is 101 Å². The van der Waals surface area contributed by atoms with Gasteiger partial charge in [0.05, 0.1) is 22.1 Å². The van der Waals surface area contributed by atoms with Crippen LogP contribution in [0.2, 0.25) is 0 Å². The number of para-hydroxylation sites is 4. The summed E-state index contributed by atoms with van der Waals surface area (Å²) in [6.45, 7) is 0. The molecule has 0 fully saturated rings. The van der Waals surface area contributed by atoms with Crippen molar-refractivity contribution in [2.24, 2.45) is 0 Å². The van der Waals surface area contributed by atoms with Gasteiger partial charge in [0.1, 0.15) is 22.3 Å². The standard InChI is InChI=1S/C87H53N5O2/c1-3-18-54(19-4-1)64-45-65(55-20-5-2-6-21-55)47-66(46-64)56-22-15-23-61(44-56)85-88-86(62-24-16-26-67(48-62)91-77-32-11-7-28-69(77)73-50-57(36-40-79(73)91)59-38-42-83-75(52-59)71-30-9-13-34-81(71)93-83)90-87(89-85)63-25-17-27-68(49-63)92-78-33-12-8-29-70(78)74-51-58(37-41-80(74)92)60-39-43-84-76(53-60)72-31-10-14-35-82(72)94-84/h1-53H. The molecule has 0 bridgehead atoms. The van der Waals surface area contributed by atoms with E-state index in [4.69, 9.17) is 23.8 Å². The second kappa shape index (κ2) is 21.5. The van der Waals surface area contributed by atoms with Crippen LogP contribution < -0.4 is 0 Å². The summed E-state index contributed by atoms with van der Waals surface area (Å²) in [4.78, 5) is 16.4. The van der Waals surface area contributed by atoms with E-state index in [1.807, 2.05) is 24.3 Å². The predicted octanol–water partition coefficient (Wildman–Crippen LogP) is 23.2. The van der Waals surface area contributed by atoms with Crippen LogP contribution in [0.1, 0.15) is 0 Å². The Labute approximate surface area is 540 Å². The Bertz CT molecular complexity index is 5900. The zero-order valence-corrected chi connectivity index (χ0v) is 50.7. The maximum atomic E-state index is 6.23. The number of hydrogen-bond acceptors (Lipinski definition) is 5. The van der Waals surface area contributed by atoms with E-state index in [0.29, 0.717) is 17.5 Å². The fourth-order valence-electron chi connectivity index (χ4n) is 14.2. The number of aromatic nitrogens is 5. The predicted molar refractivity (Wildman–Crippen MR) is 387 cm³/mol. The Morgan fingerprint density at radius 2 is 0.489 bits per heavy atom. The summed E-state index contributed by atoms with van der Waals surface area (Å²) in [5.41, 5.74) is 23.8. The van der Waals surface area contributed by atoms with Gasteiger partial charge in [-0.1, -0.05) is 200 Å². The molecule has 5 heterocycles. The Kier molecular flexibility index (Phi) is 12.1. The van der Waals surface area contributed by atoms with Crippen molar-refractivity contribution < 1.29 is 8.83 Å². The highest BCUT2D eigenvalue weighted by Gasteiger charge is 2.21. The lowest BCUT2D eigenvalue weighted by atomic mass is 9.93. The summed E-state index contributed by atoms with van der Waals surface area (Å²) in [6, 6.07) is 114. The first kappa shape index (κ1) is 53.2. The van der Waals surface area contributed by atoms with Gasteiger partial charge in [-0.05, 0) is 177 Å². The molecule has 7 heteroatoms. The highest BCUT2D eigenvalue weighted by atomic mass is 16.3. The normalized spacial score (nSPS) is 11.8. The third kappa shape index (κ3) is 8.93. The fourth-order valence-corrected chi connectivity index (χ4v) is 14.2. The largest absolute Gasteiger partial charge is 0.456 e. The van der Waals surface area contributed by atoms with Gasteiger partial charge in [-0.2, -0.15) is 0 Å². The van der Waals surface area contributed by atoms with Gasteiger partial charge < -0.3 is 18.0 Å². The molecule has 19 rings (SSSR count). The molecule has 94 heavy (non-hydrogen) atoms. The summed E-state index contributed by atoms with van der Waals surface area (Å²) < 4.78 is 17.2. The number of rotatable bonds is 10. The van der Waals surface area contributed by atoms with Crippen LogP contribution in [-0.4, -0.2) is 24.1 Å². The smallest absolute Gasteiger partial charge is 0.164 e. The lowest BCUT2D eigenvalue weighted by Gasteiger charge is -2.14. The van der Waals surface area contributed by atoms with Gasteiger partial charge in [0.15, 0.2) is 17.5 Å². The van der Waals surface area contributed by atoms with Crippen LogP contribution in [-0.2, 0) is 0 Å². The summed E-state index contributed by atoms with van der Waals surface area (Å²) >= 11 is 0. The van der Waals surface area contributed by atoms with Gasteiger partial charge in [-0.25, -0.2) is 15.0 Å². The molecule has 0 spiro atoms. The average molecular weight is 1200 g/mol. The van der Waals surface area contributed by atoms with E-state index in [9.17, 15) is 0 Å². The van der Waals surface area contributed by atoms with Gasteiger partial charge in [0.2, 0.25) is 0 Å². The number of hydrogen-bond donors (Lipinski definition) is 0. The highest BCUT2D eigenvalue weighted by Crippen LogP contribution is 2.42. The lowest BCUT2D eigenvalue weighted by molar-refractivity contribution is 0.668. The van der Waals surface area contributed by atoms with E-state index in [2.05, 4.69) is 306 Å². The molecule has 0 unspecified atom stereocenters. The third-order valence-corrected chi connectivity index (χ3v) is 18.7. The molecule has 0 N–H and O–H groups in total.